The number of aromatic nitrogens is 2. The molecule has 3 rings (SSSR count). The summed E-state index contributed by atoms with van der Waals surface area (Å²) in [7, 11) is 1.93. The molecular formula is C14H12N2O2S2. The van der Waals surface area contributed by atoms with E-state index < -0.39 is 5.97 Å². The van der Waals surface area contributed by atoms with Crippen molar-refractivity contribution in [1.82, 2.24) is 9.55 Å². The first kappa shape index (κ1) is 13.2. The van der Waals surface area contributed by atoms with Gasteiger partial charge in [-0.15, -0.1) is 11.3 Å². The van der Waals surface area contributed by atoms with E-state index in [9.17, 15) is 9.90 Å². The summed E-state index contributed by atoms with van der Waals surface area (Å²) < 4.78 is 2.94. The molecule has 3 aromatic rings. The first-order chi connectivity index (χ1) is 9.66. The molecular weight excluding hydrogens is 292 g/mol. The smallest absolute Gasteiger partial charge is 0.346 e. The molecule has 0 radical (unpaired) electrons. The number of fused-ring (bicyclic) bond motifs is 1. The van der Waals surface area contributed by atoms with Gasteiger partial charge in [-0.2, -0.15) is 0 Å². The lowest BCUT2D eigenvalue weighted by atomic mass is 10.1. The van der Waals surface area contributed by atoms with Crippen molar-refractivity contribution in [1.29, 1.82) is 0 Å². The van der Waals surface area contributed by atoms with Crippen molar-refractivity contribution >= 4 is 39.2 Å². The molecule has 0 bridgehead atoms. The predicted octanol–water partition coefficient (Wildman–Crippen LogP) is 3.63. The van der Waals surface area contributed by atoms with Crippen molar-refractivity contribution in [2.24, 2.45) is 7.05 Å². The second-order valence-corrected chi connectivity index (χ2v) is 6.32. The van der Waals surface area contributed by atoms with Crippen molar-refractivity contribution in [2.45, 2.75) is 10.9 Å². The second kappa shape index (κ2) is 5.30. The fourth-order valence-corrected chi connectivity index (χ4v) is 4.17. The molecule has 0 aliphatic carbocycles. The number of imidazole rings is 1. The SMILES string of the molecule is Cn1ccnc1SCc1c(C(=O)O)sc2ccccc12. The Bertz CT molecular complexity index is 776. The van der Waals surface area contributed by atoms with Crippen LogP contribution in [-0.2, 0) is 12.8 Å². The number of thiophene rings is 1. The second-order valence-electron chi connectivity index (χ2n) is 4.32. The van der Waals surface area contributed by atoms with Crippen molar-refractivity contribution in [3.8, 4) is 0 Å². The van der Waals surface area contributed by atoms with Crippen LogP contribution in [0.5, 0.6) is 0 Å². The molecule has 1 N–H and O–H groups in total. The summed E-state index contributed by atoms with van der Waals surface area (Å²) in [5.74, 6) is -0.252. The standard InChI is InChI=1S/C14H12N2O2S2/c1-16-7-6-15-14(16)19-8-10-9-4-2-3-5-11(9)20-12(10)13(17)18/h2-7H,8H2,1H3,(H,17,18). The van der Waals surface area contributed by atoms with Crippen molar-refractivity contribution in [2.75, 3.05) is 0 Å². The third-order valence-electron chi connectivity index (χ3n) is 3.02. The van der Waals surface area contributed by atoms with Crippen molar-refractivity contribution < 1.29 is 9.90 Å². The van der Waals surface area contributed by atoms with E-state index in [1.54, 1.807) is 18.0 Å². The van der Waals surface area contributed by atoms with Crippen LogP contribution in [0.4, 0.5) is 0 Å². The van der Waals surface area contributed by atoms with Gasteiger partial charge in [0.25, 0.3) is 0 Å². The van der Waals surface area contributed by atoms with Gasteiger partial charge in [-0.05, 0) is 17.0 Å². The summed E-state index contributed by atoms with van der Waals surface area (Å²) >= 11 is 2.89. The van der Waals surface area contributed by atoms with E-state index >= 15 is 0 Å². The maximum Gasteiger partial charge on any atom is 0.346 e. The summed E-state index contributed by atoms with van der Waals surface area (Å²) in [5, 5.41) is 11.3. The normalized spacial score (nSPS) is 11.1. The average molecular weight is 304 g/mol. The van der Waals surface area contributed by atoms with Gasteiger partial charge in [0.1, 0.15) is 4.88 Å². The monoisotopic (exact) mass is 304 g/mol. The maximum absolute atomic E-state index is 11.4. The fourth-order valence-electron chi connectivity index (χ4n) is 2.04. The zero-order valence-corrected chi connectivity index (χ0v) is 12.4. The Kier molecular flexibility index (Phi) is 3.50. The first-order valence-corrected chi connectivity index (χ1v) is 7.81. The van der Waals surface area contributed by atoms with E-state index in [0.29, 0.717) is 10.6 Å². The minimum absolute atomic E-state index is 0.424. The molecule has 102 valence electrons. The van der Waals surface area contributed by atoms with Gasteiger partial charge < -0.3 is 9.67 Å². The number of carboxylic acids is 1. The molecule has 0 unspecified atom stereocenters. The Morgan fingerprint density at radius 1 is 1.45 bits per heavy atom. The van der Waals surface area contributed by atoms with Gasteiger partial charge in [-0.3, -0.25) is 0 Å². The quantitative estimate of drug-likeness (QED) is 0.748. The summed E-state index contributed by atoms with van der Waals surface area (Å²) in [6, 6.07) is 7.81. The van der Waals surface area contributed by atoms with Crippen LogP contribution in [0.3, 0.4) is 0 Å². The fraction of sp³-hybridized carbons (Fsp3) is 0.143. The average Bonchev–Trinajstić information content (AvgIpc) is 3.00. The summed E-state index contributed by atoms with van der Waals surface area (Å²) in [6.45, 7) is 0. The summed E-state index contributed by atoms with van der Waals surface area (Å²) in [5.41, 5.74) is 0.881. The Balaban J connectivity index is 1.99. The number of carbonyl (C=O) groups is 1. The number of benzene rings is 1. The molecule has 6 heteroatoms. The van der Waals surface area contributed by atoms with Gasteiger partial charge in [0, 0.05) is 29.9 Å². The highest BCUT2D eigenvalue weighted by atomic mass is 32.2. The molecule has 4 nitrogen and oxygen atoms in total. The third kappa shape index (κ3) is 2.32. The van der Waals surface area contributed by atoms with Crippen LogP contribution in [0, 0.1) is 0 Å². The van der Waals surface area contributed by atoms with Crippen LogP contribution in [0.15, 0.2) is 41.8 Å². The van der Waals surface area contributed by atoms with E-state index in [0.717, 1.165) is 20.8 Å². The number of thioether (sulfide) groups is 1. The molecule has 0 aliphatic heterocycles. The van der Waals surface area contributed by atoms with Crippen molar-refractivity contribution in [3.05, 3.63) is 47.1 Å². The molecule has 0 fully saturated rings. The number of hydrogen-bond donors (Lipinski definition) is 1. The van der Waals surface area contributed by atoms with Crippen LogP contribution in [0.1, 0.15) is 15.2 Å². The lowest BCUT2D eigenvalue weighted by molar-refractivity contribution is 0.0701. The molecule has 2 aromatic heterocycles. The van der Waals surface area contributed by atoms with E-state index in [2.05, 4.69) is 4.98 Å². The number of rotatable bonds is 4. The van der Waals surface area contributed by atoms with Crippen LogP contribution in [0.2, 0.25) is 0 Å². The molecule has 0 atom stereocenters. The van der Waals surface area contributed by atoms with Gasteiger partial charge >= 0.3 is 5.97 Å². The number of aryl methyl sites for hydroxylation is 1. The Hall–Kier alpha value is -1.79. The van der Waals surface area contributed by atoms with Gasteiger partial charge in [-0.1, -0.05) is 30.0 Å². The number of aromatic carboxylic acids is 1. The molecule has 0 spiro atoms. The zero-order valence-electron chi connectivity index (χ0n) is 10.7. The van der Waals surface area contributed by atoms with Gasteiger partial charge in [-0.25, -0.2) is 9.78 Å². The Labute approximate surface area is 124 Å². The van der Waals surface area contributed by atoms with E-state index in [1.165, 1.54) is 11.3 Å². The van der Waals surface area contributed by atoms with Crippen LogP contribution >= 0.6 is 23.1 Å². The Morgan fingerprint density at radius 3 is 2.95 bits per heavy atom. The minimum Gasteiger partial charge on any atom is -0.477 e. The lowest BCUT2D eigenvalue weighted by Crippen LogP contribution is -1.97. The van der Waals surface area contributed by atoms with Crippen LogP contribution in [-0.4, -0.2) is 20.6 Å². The summed E-state index contributed by atoms with van der Waals surface area (Å²) in [6.07, 6.45) is 3.62. The molecule has 2 heterocycles. The highest BCUT2D eigenvalue weighted by Crippen LogP contribution is 2.35. The minimum atomic E-state index is -0.860. The topological polar surface area (TPSA) is 55.1 Å². The molecule has 0 saturated carbocycles. The molecule has 20 heavy (non-hydrogen) atoms. The number of nitrogens with zero attached hydrogens (tertiary/aromatic N) is 2. The summed E-state index contributed by atoms with van der Waals surface area (Å²) in [4.78, 5) is 16.1. The maximum atomic E-state index is 11.4. The number of carboxylic acid groups (broad SMARTS) is 1. The zero-order chi connectivity index (χ0) is 14.1. The van der Waals surface area contributed by atoms with Crippen LogP contribution < -0.4 is 0 Å². The van der Waals surface area contributed by atoms with E-state index in [1.807, 2.05) is 42.1 Å². The molecule has 0 saturated heterocycles. The highest BCUT2D eigenvalue weighted by Gasteiger charge is 2.18. The van der Waals surface area contributed by atoms with Crippen molar-refractivity contribution in [3.63, 3.8) is 0 Å². The largest absolute Gasteiger partial charge is 0.477 e. The van der Waals surface area contributed by atoms with Gasteiger partial charge in [0.05, 0.1) is 0 Å². The van der Waals surface area contributed by atoms with Gasteiger partial charge in [0.15, 0.2) is 5.16 Å². The van der Waals surface area contributed by atoms with Gasteiger partial charge in [0.2, 0.25) is 0 Å². The van der Waals surface area contributed by atoms with E-state index in [4.69, 9.17) is 0 Å². The Morgan fingerprint density at radius 2 is 2.25 bits per heavy atom. The predicted molar refractivity (Wildman–Crippen MR) is 81.6 cm³/mol. The molecule has 1 aromatic carbocycles. The van der Waals surface area contributed by atoms with E-state index in [-0.39, 0.29) is 0 Å². The first-order valence-electron chi connectivity index (χ1n) is 6.00. The highest BCUT2D eigenvalue weighted by molar-refractivity contribution is 7.98. The molecule has 0 aliphatic rings. The lowest BCUT2D eigenvalue weighted by Gasteiger charge is -2.02. The number of hydrogen-bond acceptors (Lipinski definition) is 4. The third-order valence-corrected chi connectivity index (χ3v) is 5.30. The van der Waals surface area contributed by atoms with Crippen LogP contribution in [0.25, 0.3) is 10.1 Å². The molecule has 0 amide bonds.